The van der Waals surface area contributed by atoms with E-state index in [0.29, 0.717) is 6.79 Å². The van der Waals surface area contributed by atoms with Gasteiger partial charge in [-0.05, 0) is 11.1 Å². The fraction of sp³-hybridized carbons (Fsp3) is 0.333. The minimum absolute atomic E-state index is 0.165. The molecule has 1 atom stereocenters. The van der Waals surface area contributed by atoms with Crippen molar-refractivity contribution in [2.75, 3.05) is 13.4 Å². The van der Waals surface area contributed by atoms with E-state index in [0.717, 1.165) is 18.6 Å². The maximum atomic E-state index is 5.54. The summed E-state index contributed by atoms with van der Waals surface area (Å²) < 4.78 is 10.7. The SMILES string of the molecule is C=Cc1ccccc1C1CCOCO1. The predicted octanol–water partition coefficient (Wildman–Crippen LogP) is 2.77. The van der Waals surface area contributed by atoms with Gasteiger partial charge in [0, 0.05) is 6.42 Å². The Kier molecular flexibility index (Phi) is 2.96. The molecule has 1 aliphatic rings. The van der Waals surface area contributed by atoms with Gasteiger partial charge in [-0.1, -0.05) is 36.9 Å². The number of benzene rings is 1. The molecule has 0 N–H and O–H groups in total. The topological polar surface area (TPSA) is 18.5 Å². The molecule has 0 amide bonds. The molecule has 1 aliphatic heterocycles. The van der Waals surface area contributed by atoms with Gasteiger partial charge in [0.1, 0.15) is 6.79 Å². The first-order chi connectivity index (χ1) is 6.92. The third kappa shape index (κ3) is 1.86. The largest absolute Gasteiger partial charge is 0.355 e. The molecule has 1 saturated heterocycles. The fourth-order valence-corrected chi connectivity index (χ4v) is 1.70. The van der Waals surface area contributed by atoms with Crippen LogP contribution in [0.4, 0.5) is 0 Å². The predicted molar refractivity (Wildman–Crippen MR) is 55.8 cm³/mol. The zero-order valence-corrected chi connectivity index (χ0v) is 8.11. The van der Waals surface area contributed by atoms with E-state index in [1.807, 2.05) is 18.2 Å². The Morgan fingerprint density at radius 3 is 2.93 bits per heavy atom. The van der Waals surface area contributed by atoms with Crippen molar-refractivity contribution in [1.82, 2.24) is 0 Å². The van der Waals surface area contributed by atoms with Crippen molar-refractivity contribution in [2.24, 2.45) is 0 Å². The van der Waals surface area contributed by atoms with Crippen molar-refractivity contribution in [2.45, 2.75) is 12.5 Å². The third-order valence-corrected chi connectivity index (χ3v) is 2.44. The van der Waals surface area contributed by atoms with Crippen LogP contribution < -0.4 is 0 Å². The molecule has 0 aromatic heterocycles. The molecule has 2 nitrogen and oxygen atoms in total. The first kappa shape index (κ1) is 9.44. The quantitative estimate of drug-likeness (QED) is 0.714. The van der Waals surface area contributed by atoms with E-state index in [2.05, 4.69) is 18.7 Å². The summed E-state index contributed by atoms with van der Waals surface area (Å²) in [5.74, 6) is 0. The molecule has 0 radical (unpaired) electrons. The highest BCUT2D eigenvalue weighted by atomic mass is 16.7. The summed E-state index contributed by atoms with van der Waals surface area (Å²) in [5, 5.41) is 0. The zero-order valence-electron chi connectivity index (χ0n) is 8.11. The number of rotatable bonds is 2. The third-order valence-electron chi connectivity index (χ3n) is 2.44. The molecule has 1 aromatic carbocycles. The highest BCUT2D eigenvalue weighted by Crippen LogP contribution is 2.27. The normalized spacial score (nSPS) is 21.9. The molecule has 0 spiro atoms. The molecule has 1 aromatic rings. The van der Waals surface area contributed by atoms with Crippen molar-refractivity contribution in [1.29, 1.82) is 0 Å². The van der Waals surface area contributed by atoms with Crippen LogP contribution in [0.2, 0.25) is 0 Å². The Bertz CT molecular complexity index is 314. The summed E-state index contributed by atoms with van der Waals surface area (Å²) in [4.78, 5) is 0. The zero-order chi connectivity index (χ0) is 9.80. The molecule has 0 bridgehead atoms. The van der Waals surface area contributed by atoms with Crippen molar-refractivity contribution < 1.29 is 9.47 Å². The summed E-state index contributed by atoms with van der Waals surface area (Å²) in [6, 6.07) is 8.19. The molecule has 1 unspecified atom stereocenters. The van der Waals surface area contributed by atoms with Crippen LogP contribution in [-0.4, -0.2) is 13.4 Å². The van der Waals surface area contributed by atoms with Crippen molar-refractivity contribution >= 4 is 6.08 Å². The van der Waals surface area contributed by atoms with Crippen LogP contribution in [0.25, 0.3) is 6.08 Å². The van der Waals surface area contributed by atoms with Crippen LogP contribution in [0.15, 0.2) is 30.8 Å². The molecule has 2 heteroatoms. The van der Waals surface area contributed by atoms with Gasteiger partial charge in [0.05, 0.1) is 12.7 Å². The van der Waals surface area contributed by atoms with Crippen LogP contribution in [0.1, 0.15) is 23.7 Å². The van der Waals surface area contributed by atoms with Crippen molar-refractivity contribution in [3.63, 3.8) is 0 Å². The average molecular weight is 190 g/mol. The van der Waals surface area contributed by atoms with E-state index >= 15 is 0 Å². The van der Waals surface area contributed by atoms with E-state index in [9.17, 15) is 0 Å². The van der Waals surface area contributed by atoms with Gasteiger partial charge in [0.2, 0.25) is 0 Å². The maximum Gasteiger partial charge on any atom is 0.147 e. The van der Waals surface area contributed by atoms with Gasteiger partial charge < -0.3 is 9.47 Å². The lowest BCUT2D eigenvalue weighted by Crippen LogP contribution is -2.17. The van der Waals surface area contributed by atoms with E-state index < -0.39 is 0 Å². The van der Waals surface area contributed by atoms with Crippen LogP contribution in [0.5, 0.6) is 0 Å². The van der Waals surface area contributed by atoms with Gasteiger partial charge >= 0.3 is 0 Å². The Balaban J connectivity index is 2.24. The van der Waals surface area contributed by atoms with Crippen LogP contribution in [0, 0.1) is 0 Å². The van der Waals surface area contributed by atoms with Crippen LogP contribution >= 0.6 is 0 Å². The lowest BCUT2D eigenvalue weighted by molar-refractivity contribution is -0.141. The van der Waals surface area contributed by atoms with E-state index in [-0.39, 0.29) is 6.10 Å². The standard InChI is InChI=1S/C12H14O2/c1-2-10-5-3-4-6-11(10)12-7-8-13-9-14-12/h2-6,12H,1,7-9H2. The monoisotopic (exact) mass is 190 g/mol. The summed E-state index contributed by atoms with van der Waals surface area (Å²) in [6.07, 6.45) is 2.96. The van der Waals surface area contributed by atoms with Crippen molar-refractivity contribution in [3.8, 4) is 0 Å². The fourth-order valence-electron chi connectivity index (χ4n) is 1.70. The summed E-state index contributed by atoms with van der Waals surface area (Å²) in [6.45, 7) is 4.97. The first-order valence-corrected chi connectivity index (χ1v) is 4.82. The summed E-state index contributed by atoms with van der Waals surface area (Å²) >= 11 is 0. The second-order valence-corrected chi connectivity index (χ2v) is 3.30. The smallest absolute Gasteiger partial charge is 0.147 e. The Labute approximate surface area is 84.2 Å². The first-order valence-electron chi connectivity index (χ1n) is 4.82. The lowest BCUT2D eigenvalue weighted by atomic mass is 10.00. The summed E-state index contributed by atoms with van der Waals surface area (Å²) in [5.41, 5.74) is 2.37. The number of hydrogen-bond donors (Lipinski definition) is 0. The second-order valence-electron chi connectivity index (χ2n) is 3.30. The van der Waals surface area contributed by atoms with E-state index in [1.54, 1.807) is 0 Å². The maximum absolute atomic E-state index is 5.54. The second kappa shape index (κ2) is 4.40. The van der Waals surface area contributed by atoms with Crippen molar-refractivity contribution in [3.05, 3.63) is 42.0 Å². The minimum atomic E-state index is 0.165. The van der Waals surface area contributed by atoms with E-state index in [1.165, 1.54) is 5.56 Å². The molecule has 14 heavy (non-hydrogen) atoms. The number of hydrogen-bond acceptors (Lipinski definition) is 2. The van der Waals surface area contributed by atoms with E-state index in [4.69, 9.17) is 9.47 Å². The van der Waals surface area contributed by atoms with Gasteiger partial charge in [-0.25, -0.2) is 0 Å². The molecule has 0 saturated carbocycles. The summed E-state index contributed by atoms with van der Waals surface area (Å²) in [7, 11) is 0. The highest BCUT2D eigenvalue weighted by Gasteiger charge is 2.17. The highest BCUT2D eigenvalue weighted by molar-refractivity contribution is 5.52. The van der Waals surface area contributed by atoms with Crippen LogP contribution in [0.3, 0.4) is 0 Å². The molecular formula is C12H14O2. The Hall–Kier alpha value is -1.12. The number of ether oxygens (including phenoxy) is 2. The minimum Gasteiger partial charge on any atom is -0.355 e. The Morgan fingerprint density at radius 1 is 1.36 bits per heavy atom. The molecule has 0 aliphatic carbocycles. The van der Waals surface area contributed by atoms with Gasteiger partial charge in [0.15, 0.2) is 0 Å². The average Bonchev–Trinajstić information content (AvgIpc) is 2.30. The molecule has 1 fully saturated rings. The van der Waals surface area contributed by atoms with Gasteiger partial charge in [-0.3, -0.25) is 0 Å². The molecule has 74 valence electrons. The molecule has 2 rings (SSSR count). The Morgan fingerprint density at radius 2 is 2.21 bits per heavy atom. The van der Waals surface area contributed by atoms with Gasteiger partial charge in [-0.2, -0.15) is 0 Å². The lowest BCUT2D eigenvalue weighted by Gasteiger charge is -2.24. The van der Waals surface area contributed by atoms with Gasteiger partial charge in [-0.15, -0.1) is 0 Å². The molecular weight excluding hydrogens is 176 g/mol. The molecule has 1 heterocycles. The van der Waals surface area contributed by atoms with Gasteiger partial charge in [0.25, 0.3) is 0 Å². The van der Waals surface area contributed by atoms with Crippen LogP contribution in [-0.2, 0) is 9.47 Å².